The first-order chi connectivity index (χ1) is 11.8. The summed E-state index contributed by atoms with van der Waals surface area (Å²) in [6.45, 7) is 3.36. The highest BCUT2D eigenvalue weighted by Crippen LogP contribution is 2.29. The molecular formula is C18H23F2NO3S. The highest BCUT2D eigenvalue weighted by atomic mass is 32.2. The Balaban J connectivity index is 0.00000151. The summed E-state index contributed by atoms with van der Waals surface area (Å²) < 4.78 is 57.0. The van der Waals surface area contributed by atoms with Gasteiger partial charge in [-0.25, -0.2) is 13.1 Å². The lowest BCUT2D eigenvalue weighted by atomic mass is 10.1. The molecule has 0 spiro atoms. The molecule has 0 unspecified atom stereocenters. The first-order valence-electron chi connectivity index (χ1n) is 7.86. The fourth-order valence-electron chi connectivity index (χ4n) is 1.86. The van der Waals surface area contributed by atoms with Gasteiger partial charge in [0.15, 0.2) is 0 Å². The van der Waals surface area contributed by atoms with Crippen LogP contribution in [0.2, 0.25) is 0 Å². The van der Waals surface area contributed by atoms with Crippen LogP contribution >= 0.6 is 0 Å². The third-order valence-corrected chi connectivity index (χ3v) is 3.75. The highest BCUT2D eigenvalue weighted by Gasteiger charge is 2.32. The predicted octanol–water partition coefficient (Wildman–Crippen LogP) is 3.93. The van der Waals surface area contributed by atoms with Crippen LogP contribution in [-0.4, -0.2) is 21.2 Å². The Labute approximate surface area is 147 Å². The summed E-state index contributed by atoms with van der Waals surface area (Å²) in [5.74, 6) is -2.83. The molecule has 0 heterocycles. The van der Waals surface area contributed by atoms with E-state index < -0.39 is 22.5 Å². The number of hydrogen-bond acceptors (Lipinski definition) is 3. The van der Waals surface area contributed by atoms with Crippen molar-refractivity contribution in [2.24, 2.45) is 0 Å². The van der Waals surface area contributed by atoms with Crippen molar-refractivity contribution in [1.82, 2.24) is 4.72 Å². The molecule has 7 heteroatoms. The molecule has 2 rings (SSSR count). The molecule has 0 aliphatic heterocycles. The normalized spacial score (nSPS) is 11.4. The predicted molar refractivity (Wildman–Crippen MR) is 95.3 cm³/mol. The molecule has 2 aromatic rings. The van der Waals surface area contributed by atoms with Crippen molar-refractivity contribution >= 4 is 10.0 Å². The number of ether oxygens (including phenoxy) is 1. The largest absolute Gasteiger partial charge is 0.489 e. The summed E-state index contributed by atoms with van der Waals surface area (Å²) >= 11 is 0. The van der Waals surface area contributed by atoms with Crippen LogP contribution < -0.4 is 9.46 Å². The Bertz CT molecular complexity index is 733. The van der Waals surface area contributed by atoms with Gasteiger partial charge in [0.1, 0.15) is 12.4 Å². The van der Waals surface area contributed by atoms with E-state index in [1.165, 1.54) is 24.3 Å². The Hall–Kier alpha value is -1.99. The second-order valence-corrected chi connectivity index (χ2v) is 6.93. The van der Waals surface area contributed by atoms with E-state index in [2.05, 4.69) is 0 Å². The van der Waals surface area contributed by atoms with Gasteiger partial charge < -0.3 is 4.74 Å². The van der Waals surface area contributed by atoms with Crippen LogP contribution in [0.3, 0.4) is 0 Å². The average molecular weight is 371 g/mol. The standard InChI is InChI=1S/C16H17F2NO3S.C2H6/c1-23(20,21)19-12-16(17,18)14-7-9-15(10-8-14)22-11-13-5-3-2-4-6-13;1-2/h2-10,19H,11-12H2,1H3;1-2H3. The Kier molecular flexibility index (Phi) is 7.99. The molecule has 4 nitrogen and oxygen atoms in total. The van der Waals surface area contributed by atoms with Crippen molar-refractivity contribution in [3.05, 3.63) is 65.7 Å². The minimum atomic E-state index is -3.67. The van der Waals surface area contributed by atoms with Crippen molar-refractivity contribution in [1.29, 1.82) is 0 Å². The van der Waals surface area contributed by atoms with Gasteiger partial charge in [-0.2, -0.15) is 8.78 Å². The lowest BCUT2D eigenvalue weighted by molar-refractivity contribution is 0.00209. The molecule has 0 atom stereocenters. The van der Waals surface area contributed by atoms with E-state index in [-0.39, 0.29) is 5.56 Å². The van der Waals surface area contributed by atoms with Crippen molar-refractivity contribution < 1.29 is 21.9 Å². The van der Waals surface area contributed by atoms with E-state index in [4.69, 9.17) is 4.74 Å². The summed E-state index contributed by atoms with van der Waals surface area (Å²) in [5.41, 5.74) is 0.694. The van der Waals surface area contributed by atoms with E-state index in [1.54, 1.807) is 0 Å². The number of sulfonamides is 1. The maximum atomic E-state index is 13.9. The lowest BCUT2D eigenvalue weighted by Gasteiger charge is -2.17. The van der Waals surface area contributed by atoms with E-state index in [9.17, 15) is 17.2 Å². The van der Waals surface area contributed by atoms with Crippen molar-refractivity contribution in [2.75, 3.05) is 12.8 Å². The van der Waals surface area contributed by atoms with Gasteiger partial charge in [0.2, 0.25) is 10.0 Å². The molecule has 138 valence electrons. The lowest BCUT2D eigenvalue weighted by Crippen LogP contribution is -2.34. The van der Waals surface area contributed by atoms with Crippen LogP contribution in [0.4, 0.5) is 8.78 Å². The van der Waals surface area contributed by atoms with Gasteiger partial charge in [-0.3, -0.25) is 0 Å². The third kappa shape index (κ3) is 7.62. The number of hydrogen-bond donors (Lipinski definition) is 1. The van der Waals surface area contributed by atoms with Crippen LogP contribution in [0, 0.1) is 0 Å². The quantitative estimate of drug-likeness (QED) is 0.802. The van der Waals surface area contributed by atoms with E-state index >= 15 is 0 Å². The molecule has 0 radical (unpaired) electrons. The van der Waals surface area contributed by atoms with Crippen LogP contribution in [0.1, 0.15) is 25.0 Å². The topological polar surface area (TPSA) is 55.4 Å². The van der Waals surface area contributed by atoms with Gasteiger partial charge in [0, 0.05) is 5.56 Å². The molecule has 0 bridgehead atoms. The zero-order valence-corrected chi connectivity index (χ0v) is 15.3. The number of rotatable bonds is 7. The zero-order valence-electron chi connectivity index (χ0n) is 14.5. The van der Waals surface area contributed by atoms with E-state index in [1.807, 2.05) is 48.9 Å². The highest BCUT2D eigenvalue weighted by molar-refractivity contribution is 7.88. The minimum Gasteiger partial charge on any atom is -0.489 e. The smallest absolute Gasteiger partial charge is 0.286 e. The average Bonchev–Trinajstić information content (AvgIpc) is 2.61. The van der Waals surface area contributed by atoms with Crippen molar-refractivity contribution in [3.8, 4) is 5.75 Å². The Morgan fingerprint density at radius 1 is 1.00 bits per heavy atom. The molecule has 0 aliphatic carbocycles. The van der Waals surface area contributed by atoms with Gasteiger partial charge in [0.05, 0.1) is 12.8 Å². The van der Waals surface area contributed by atoms with Crippen LogP contribution in [0.5, 0.6) is 5.75 Å². The van der Waals surface area contributed by atoms with Gasteiger partial charge in [-0.15, -0.1) is 0 Å². The van der Waals surface area contributed by atoms with E-state index in [0.717, 1.165) is 11.8 Å². The van der Waals surface area contributed by atoms with Crippen molar-refractivity contribution in [2.45, 2.75) is 26.4 Å². The molecule has 2 aromatic carbocycles. The molecule has 0 fully saturated rings. The molecule has 0 saturated heterocycles. The maximum Gasteiger partial charge on any atom is 0.286 e. The van der Waals surface area contributed by atoms with Gasteiger partial charge in [-0.05, 0) is 29.8 Å². The number of benzene rings is 2. The fraction of sp³-hybridized carbons (Fsp3) is 0.333. The minimum absolute atomic E-state index is 0.277. The summed E-state index contributed by atoms with van der Waals surface area (Å²) in [5, 5.41) is 0. The first-order valence-corrected chi connectivity index (χ1v) is 9.75. The maximum absolute atomic E-state index is 13.9. The van der Waals surface area contributed by atoms with Crippen LogP contribution in [0.15, 0.2) is 54.6 Å². The van der Waals surface area contributed by atoms with E-state index in [0.29, 0.717) is 12.4 Å². The van der Waals surface area contributed by atoms with Crippen LogP contribution in [-0.2, 0) is 22.6 Å². The Morgan fingerprint density at radius 2 is 1.56 bits per heavy atom. The summed E-state index contributed by atoms with van der Waals surface area (Å²) in [6.07, 6.45) is 0.837. The molecule has 25 heavy (non-hydrogen) atoms. The second-order valence-electron chi connectivity index (χ2n) is 5.10. The van der Waals surface area contributed by atoms with Gasteiger partial charge >= 0.3 is 0 Å². The summed E-state index contributed by atoms with van der Waals surface area (Å²) in [4.78, 5) is 0. The molecule has 0 amide bonds. The van der Waals surface area contributed by atoms with Gasteiger partial charge in [-0.1, -0.05) is 44.2 Å². The first kappa shape index (κ1) is 21.1. The van der Waals surface area contributed by atoms with Crippen molar-refractivity contribution in [3.63, 3.8) is 0 Å². The zero-order chi connectivity index (χ0) is 18.9. The van der Waals surface area contributed by atoms with Crippen LogP contribution in [0.25, 0.3) is 0 Å². The fourth-order valence-corrected chi connectivity index (χ4v) is 2.30. The molecular weight excluding hydrogens is 348 g/mol. The monoisotopic (exact) mass is 371 g/mol. The molecule has 0 saturated carbocycles. The number of nitrogens with one attached hydrogen (secondary N) is 1. The molecule has 0 aliphatic rings. The Morgan fingerprint density at radius 3 is 2.08 bits per heavy atom. The SMILES string of the molecule is CC.CS(=O)(=O)NCC(F)(F)c1ccc(OCc2ccccc2)cc1. The summed E-state index contributed by atoms with van der Waals surface area (Å²) in [6, 6.07) is 14.8. The number of halogens is 2. The summed E-state index contributed by atoms with van der Waals surface area (Å²) in [7, 11) is -3.67. The number of alkyl halides is 2. The second kappa shape index (κ2) is 9.48. The molecule has 1 N–H and O–H groups in total. The van der Waals surface area contributed by atoms with Gasteiger partial charge in [0.25, 0.3) is 5.92 Å². The third-order valence-electron chi connectivity index (χ3n) is 3.08. The molecule has 0 aromatic heterocycles.